The second-order valence-electron chi connectivity index (χ2n) is 6.39. The van der Waals surface area contributed by atoms with Crippen molar-refractivity contribution in [3.8, 4) is 0 Å². The number of benzene rings is 2. The molecule has 2 N–H and O–H groups in total. The highest BCUT2D eigenvalue weighted by atomic mass is 32.2. The minimum Gasteiger partial charge on any atom is -0.326 e. The number of anilines is 2. The average Bonchev–Trinajstić information content (AvgIpc) is 2.55. The van der Waals surface area contributed by atoms with E-state index in [2.05, 4.69) is 15.5 Å². The first-order valence-corrected chi connectivity index (χ1v) is 9.30. The molecule has 0 aliphatic rings. The van der Waals surface area contributed by atoms with Crippen LogP contribution in [0.4, 0.5) is 11.4 Å². The van der Waals surface area contributed by atoms with Crippen molar-refractivity contribution in [1.29, 1.82) is 0 Å². The molecule has 0 bridgehead atoms. The van der Waals surface area contributed by atoms with Crippen molar-refractivity contribution in [2.45, 2.75) is 30.5 Å². The van der Waals surface area contributed by atoms with Crippen LogP contribution in [0.3, 0.4) is 0 Å². The van der Waals surface area contributed by atoms with Crippen LogP contribution in [-0.4, -0.2) is 36.1 Å². The molecule has 0 spiro atoms. The van der Waals surface area contributed by atoms with E-state index in [-0.39, 0.29) is 17.1 Å². The lowest BCUT2D eigenvalue weighted by Gasteiger charge is -2.14. The number of hydrogen-bond donors (Lipinski definition) is 2. The molecule has 2 rings (SSSR count). The standard InChI is InChI=1S/C20H25N3O2S/c1-14(26-19-10-8-17(9-11-19)21-15(2)24)20(25)22-18-7-5-6-16(12-18)13-23(3)4/h5-12,14H,13H2,1-4H3,(H,21,24)(H,22,25). The quantitative estimate of drug-likeness (QED) is 0.726. The van der Waals surface area contributed by atoms with Crippen LogP contribution in [0.15, 0.2) is 53.4 Å². The van der Waals surface area contributed by atoms with Gasteiger partial charge in [-0.1, -0.05) is 12.1 Å². The second-order valence-corrected chi connectivity index (χ2v) is 7.81. The van der Waals surface area contributed by atoms with E-state index in [4.69, 9.17) is 0 Å². The summed E-state index contributed by atoms with van der Waals surface area (Å²) in [5, 5.41) is 5.47. The highest BCUT2D eigenvalue weighted by molar-refractivity contribution is 8.00. The maximum absolute atomic E-state index is 12.5. The third-order valence-electron chi connectivity index (χ3n) is 3.55. The Labute approximate surface area is 159 Å². The molecule has 0 fully saturated rings. The first-order valence-electron chi connectivity index (χ1n) is 8.42. The Kier molecular flexibility index (Phi) is 7.24. The maximum Gasteiger partial charge on any atom is 0.237 e. The largest absolute Gasteiger partial charge is 0.326 e. The van der Waals surface area contributed by atoms with Crippen LogP contribution < -0.4 is 10.6 Å². The molecule has 2 aromatic carbocycles. The number of nitrogens with one attached hydrogen (secondary N) is 2. The van der Waals surface area contributed by atoms with Gasteiger partial charge in [-0.2, -0.15) is 0 Å². The molecule has 0 aromatic heterocycles. The highest BCUT2D eigenvalue weighted by Gasteiger charge is 2.15. The topological polar surface area (TPSA) is 61.4 Å². The summed E-state index contributed by atoms with van der Waals surface area (Å²) in [4.78, 5) is 26.6. The number of thioether (sulfide) groups is 1. The van der Waals surface area contributed by atoms with Crippen LogP contribution in [0.25, 0.3) is 0 Å². The molecule has 1 atom stereocenters. The van der Waals surface area contributed by atoms with Gasteiger partial charge in [0, 0.05) is 29.7 Å². The molecule has 6 heteroatoms. The predicted molar refractivity (Wildman–Crippen MR) is 109 cm³/mol. The van der Waals surface area contributed by atoms with Crippen molar-refractivity contribution in [3.05, 3.63) is 54.1 Å². The summed E-state index contributed by atoms with van der Waals surface area (Å²) in [7, 11) is 4.03. The first kappa shape index (κ1) is 20.0. The Bertz CT molecular complexity index is 760. The van der Waals surface area contributed by atoms with Crippen LogP contribution in [-0.2, 0) is 16.1 Å². The van der Waals surface area contributed by atoms with Crippen molar-refractivity contribution >= 4 is 35.0 Å². The molecule has 138 valence electrons. The molecule has 2 amide bonds. The van der Waals surface area contributed by atoms with Crippen LogP contribution in [0.2, 0.25) is 0 Å². The summed E-state index contributed by atoms with van der Waals surface area (Å²) in [6.45, 7) is 4.18. The van der Waals surface area contributed by atoms with E-state index in [1.54, 1.807) is 0 Å². The van der Waals surface area contributed by atoms with E-state index in [9.17, 15) is 9.59 Å². The molecule has 0 radical (unpaired) electrons. The zero-order valence-electron chi connectivity index (χ0n) is 15.6. The van der Waals surface area contributed by atoms with Crippen molar-refractivity contribution in [2.24, 2.45) is 0 Å². The molecule has 0 heterocycles. The zero-order valence-corrected chi connectivity index (χ0v) is 16.4. The number of amides is 2. The fourth-order valence-electron chi connectivity index (χ4n) is 2.43. The van der Waals surface area contributed by atoms with Crippen molar-refractivity contribution in [1.82, 2.24) is 4.90 Å². The third kappa shape index (κ3) is 6.54. The Morgan fingerprint density at radius 2 is 1.73 bits per heavy atom. The Hall–Kier alpha value is -2.31. The summed E-state index contributed by atoms with van der Waals surface area (Å²) in [5.74, 6) is -0.141. The SMILES string of the molecule is CC(=O)Nc1ccc(SC(C)C(=O)Nc2cccc(CN(C)C)c2)cc1. The van der Waals surface area contributed by atoms with Gasteiger partial charge in [-0.25, -0.2) is 0 Å². The zero-order chi connectivity index (χ0) is 19.1. The Morgan fingerprint density at radius 1 is 1.04 bits per heavy atom. The molecule has 2 aromatic rings. The number of rotatable bonds is 7. The highest BCUT2D eigenvalue weighted by Crippen LogP contribution is 2.25. The van der Waals surface area contributed by atoms with E-state index < -0.39 is 0 Å². The summed E-state index contributed by atoms with van der Waals surface area (Å²) in [5.41, 5.74) is 2.71. The number of carbonyl (C=O) groups excluding carboxylic acids is 2. The van der Waals surface area contributed by atoms with Gasteiger partial charge in [-0.05, 0) is 63.0 Å². The van der Waals surface area contributed by atoms with Crippen molar-refractivity contribution in [3.63, 3.8) is 0 Å². The molecule has 0 aliphatic carbocycles. The smallest absolute Gasteiger partial charge is 0.237 e. The minimum absolute atomic E-state index is 0.0389. The van der Waals surface area contributed by atoms with Crippen LogP contribution in [0, 0.1) is 0 Å². The number of nitrogens with zero attached hydrogens (tertiary/aromatic N) is 1. The van der Waals surface area contributed by atoms with E-state index in [1.165, 1.54) is 18.7 Å². The van der Waals surface area contributed by atoms with E-state index in [0.717, 1.165) is 28.4 Å². The van der Waals surface area contributed by atoms with Crippen LogP contribution in [0.1, 0.15) is 19.4 Å². The van der Waals surface area contributed by atoms with Gasteiger partial charge in [0.25, 0.3) is 0 Å². The van der Waals surface area contributed by atoms with Gasteiger partial charge in [-0.3, -0.25) is 9.59 Å². The molecule has 0 saturated heterocycles. The van der Waals surface area contributed by atoms with Gasteiger partial charge < -0.3 is 15.5 Å². The average molecular weight is 372 g/mol. The third-order valence-corrected chi connectivity index (χ3v) is 4.66. The fraction of sp³-hybridized carbons (Fsp3) is 0.300. The van der Waals surface area contributed by atoms with Gasteiger partial charge in [0.05, 0.1) is 5.25 Å². The molecule has 1 unspecified atom stereocenters. The summed E-state index contributed by atoms with van der Waals surface area (Å²) in [6.07, 6.45) is 0. The molecule has 26 heavy (non-hydrogen) atoms. The summed E-state index contributed by atoms with van der Waals surface area (Å²) < 4.78 is 0. The predicted octanol–water partition coefficient (Wildman–Crippen LogP) is 3.83. The van der Waals surface area contributed by atoms with Gasteiger partial charge in [-0.15, -0.1) is 11.8 Å². The molecular weight excluding hydrogens is 346 g/mol. The molecule has 5 nitrogen and oxygen atoms in total. The second kappa shape index (κ2) is 9.40. The minimum atomic E-state index is -0.237. The van der Waals surface area contributed by atoms with Crippen molar-refractivity contribution in [2.75, 3.05) is 24.7 Å². The van der Waals surface area contributed by atoms with Gasteiger partial charge >= 0.3 is 0 Å². The van der Waals surface area contributed by atoms with Gasteiger partial charge in [0.15, 0.2) is 0 Å². The van der Waals surface area contributed by atoms with Crippen molar-refractivity contribution < 1.29 is 9.59 Å². The Balaban J connectivity index is 1.94. The summed E-state index contributed by atoms with van der Waals surface area (Å²) >= 11 is 1.48. The first-order chi connectivity index (χ1) is 12.3. The maximum atomic E-state index is 12.5. The Morgan fingerprint density at radius 3 is 2.35 bits per heavy atom. The van der Waals surface area contributed by atoms with E-state index in [0.29, 0.717) is 0 Å². The van der Waals surface area contributed by atoms with Gasteiger partial charge in [0.2, 0.25) is 11.8 Å². The van der Waals surface area contributed by atoms with Crippen LogP contribution in [0.5, 0.6) is 0 Å². The van der Waals surface area contributed by atoms with Crippen LogP contribution >= 0.6 is 11.8 Å². The normalized spacial score (nSPS) is 11.9. The lowest BCUT2D eigenvalue weighted by atomic mass is 10.2. The molecular formula is C20H25N3O2S. The number of carbonyl (C=O) groups is 2. The fourth-order valence-corrected chi connectivity index (χ4v) is 3.30. The van der Waals surface area contributed by atoms with Gasteiger partial charge in [0.1, 0.15) is 0 Å². The van der Waals surface area contributed by atoms with E-state index >= 15 is 0 Å². The number of hydrogen-bond acceptors (Lipinski definition) is 4. The monoisotopic (exact) mass is 371 g/mol. The lowest BCUT2D eigenvalue weighted by Crippen LogP contribution is -2.22. The molecule has 0 saturated carbocycles. The lowest BCUT2D eigenvalue weighted by molar-refractivity contribution is -0.115. The van der Waals surface area contributed by atoms with E-state index in [1.807, 2.05) is 69.6 Å². The summed E-state index contributed by atoms with van der Waals surface area (Å²) in [6, 6.07) is 15.4. The molecule has 0 aliphatic heterocycles.